The number of hydrogen-bond acceptors (Lipinski definition) is 5. The Kier molecular flexibility index (Phi) is 5.89. The highest BCUT2D eigenvalue weighted by atomic mass is 35.5. The van der Waals surface area contributed by atoms with Gasteiger partial charge in [0.1, 0.15) is 16.3 Å². The van der Waals surface area contributed by atoms with Crippen LogP contribution in [0.25, 0.3) is 0 Å². The molecule has 0 amide bonds. The Balaban J connectivity index is 2.00. The first-order valence-electron chi connectivity index (χ1n) is 7.96. The zero-order valence-corrected chi connectivity index (χ0v) is 17.2. The highest BCUT2D eigenvalue weighted by Gasteiger charge is 2.10. The van der Waals surface area contributed by atoms with Crippen LogP contribution >= 0.6 is 34.5 Å². The smallest absolute Gasteiger partial charge is 0.212 e. The lowest BCUT2D eigenvalue weighted by Gasteiger charge is -2.03. The minimum Gasteiger partial charge on any atom is -0.494 e. The SMILES string of the molecule is COc1ccc(Cl)cc1N=c1sc(C=Nc2ccc(C)c(Cl)c2)c(O)n1C. The van der Waals surface area contributed by atoms with Crippen LogP contribution in [0, 0.1) is 6.92 Å². The van der Waals surface area contributed by atoms with Gasteiger partial charge in [0.15, 0.2) is 4.80 Å². The molecule has 1 N–H and O–H groups in total. The van der Waals surface area contributed by atoms with E-state index >= 15 is 0 Å². The van der Waals surface area contributed by atoms with Crippen LogP contribution in [0.2, 0.25) is 10.0 Å². The molecule has 0 bridgehead atoms. The number of rotatable bonds is 4. The summed E-state index contributed by atoms with van der Waals surface area (Å²) in [4.78, 5) is 10.1. The van der Waals surface area contributed by atoms with Crippen LogP contribution in [0.15, 0.2) is 46.4 Å². The summed E-state index contributed by atoms with van der Waals surface area (Å²) in [5.74, 6) is 0.665. The Morgan fingerprint density at radius 2 is 1.96 bits per heavy atom. The van der Waals surface area contributed by atoms with Crippen molar-refractivity contribution < 1.29 is 9.84 Å². The molecule has 3 rings (SSSR count). The van der Waals surface area contributed by atoms with Crippen molar-refractivity contribution in [3.63, 3.8) is 0 Å². The fourth-order valence-corrected chi connectivity index (χ4v) is 3.54. The number of halogens is 2. The van der Waals surface area contributed by atoms with Gasteiger partial charge in [-0.05, 0) is 42.8 Å². The highest BCUT2D eigenvalue weighted by Crippen LogP contribution is 2.30. The van der Waals surface area contributed by atoms with Crippen molar-refractivity contribution in [3.05, 3.63) is 61.7 Å². The molecule has 0 aliphatic heterocycles. The lowest BCUT2D eigenvalue weighted by molar-refractivity contribution is 0.415. The molecule has 140 valence electrons. The second-order valence-corrected chi connectivity index (χ2v) is 7.60. The van der Waals surface area contributed by atoms with Gasteiger partial charge in [-0.3, -0.25) is 9.56 Å². The molecule has 0 fully saturated rings. The van der Waals surface area contributed by atoms with Crippen molar-refractivity contribution in [2.45, 2.75) is 6.92 Å². The van der Waals surface area contributed by atoms with Gasteiger partial charge < -0.3 is 9.84 Å². The molecule has 0 aliphatic rings. The van der Waals surface area contributed by atoms with E-state index in [1.54, 1.807) is 49.2 Å². The summed E-state index contributed by atoms with van der Waals surface area (Å²) in [6.07, 6.45) is 1.59. The third-order valence-corrected chi connectivity index (χ3v) is 5.57. The standard InChI is InChI=1S/C19H17Cl2N3O2S/c1-11-4-6-13(9-14(11)21)22-10-17-18(25)24(2)19(27-17)23-15-8-12(20)5-7-16(15)26-3/h4-10,25H,1-3H3. The monoisotopic (exact) mass is 421 g/mol. The van der Waals surface area contributed by atoms with Crippen molar-refractivity contribution in [2.75, 3.05) is 7.11 Å². The van der Waals surface area contributed by atoms with Gasteiger partial charge in [-0.25, -0.2) is 4.99 Å². The van der Waals surface area contributed by atoms with E-state index in [1.807, 2.05) is 19.1 Å². The number of aromatic nitrogens is 1. The second-order valence-electron chi connectivity index (χ2n) is 5.75. The van der Waals surface area contributed by atoms with E-state index in [0.29, 0.717) is 36.8 Å². The molecule has 0 aliphatic carbocycles. The van der Waals surface area contributed by atoms with Gasteiger partial charge in [0, 0.05) is 17.1 Å². The summed E-state index contributed by atoms with van der Waals surface area (Å²) >= 11 is 13.5. The topological polar surface area (TPSA) is 59.1 Å². The number of aryl methyl sites for hydroxylation is 1. The Bertz CT molecular complexity index is 1090. The molecule has 1 heterocycles. The predicted molar refractivity (Wildman–Crippen MR) is 112 cm³/mol. The van der Waals surface area contributed by atoms with E-state index in [0.717, 1.165) is 5.56 Å². The molecular weight excluding hydrogens is 405 g/mol. The first kappa shape index (κ1) is 19.5. The number of methoxy groups -OCH3 is 1. The third kappa shape index (κ3) is 4.35. The minimum atomic E-state index is 0.0710. The molecule has 0 radical (unpaired) electrons. The lowest BCUT2D eigenvalue weighted by atomic mass is 10.2. The summed E-state index contributed by atoms with van der Waals surface area (Å²) < 4.78 is 6.90. The molecule has 2 aromatic carbocycles. The van der Waals surface area contributed by atoms with Crippen LogP contribution in [0.4, 0.5) is 11.4 Å². The number of aromatic hydroxyl groups is 1. The number of hydrogen-bond donors (Lipinski definition) is 1. The van der Waals surface area contributed by atoms with E-state index in [-0.39, 0.29) is 5.88 Å². The van der Waals surface area contributed by atoms with Gasteiger partial charge in [-0.15, -0.1) is 0 Å². The highest BCUT2D eigenvalue weighted by molar-refractivity contribution is 7.11. The number of ether oxygens (including phenoxy) is 1. The van der Waals surface area contributed by atoms with Crippen LogP contribution in [0.1, 0.15) is 10.4 Å². The summed E-state index contributed by atoms with van der Waals surface area (Å²) in [5.41, 5.74) is 2.27. The van der Waals surface area contributed by atoms with E-state index < -0.39 is 0 Å². The first-order valence-corrected chi connectivity index (χ1v) is 9.53. The van der Waals surface area contributed by atoms with Crippen molar-refractivity contribution in [1.29, 1.82) is 0 Å². The van der Waals surface area contributed by atoms with Gasteiger partial charge >= 0.3 is 0 Å². The molecule has 27 heavy (non-hydrogen) atoms. The van der Waals surface area contributed by atoms with Crippen LogP contribution in [0.3, 0.4) is 0 Å². The Morgan fingerprint density at radius 1 is 1.19 bits per heavy atom. The molecule has 5 nitrogen and oxygen atoms in total. The van der Waals surface area contributed by atoms with Crippen LogP contribution in [-0.2, 0) is 7.05 Å². The maximum absolute atomic E-state index is 10.4. The van der Waals surface area contributed by atoms with E-state index in [4.69, 9.17) is 27.9 Å². The van der Waals surface area contributed by atoms with Gasteiger partial charge in [-0.2, -0.15) is 0 Å². The summed E-state index contributed by atoms with van der Waals surface area (Å²) in [6.45, 7) is 1.93. The molecule has 3 aromatic rings. The fourth-order valence-electron chi connectivity index (χ4n) is 2.30. The van der Waals surface area contributed by atoms with E-state index in [1.165, 1.54) is 11.3 Å². The number of aliphatic imine (C=N–C) groups is 1. The average molecular weight is 422 g/mol. The number of nitrogens with zero attached hydrogens (tertiary/aromatic N) is 3. The van der Waals surface area contributed by atoms with Gasteiger partial charge in [-0.1, -0.05) is 40.6 Å². The number of benzene rings is 2. The Morgan fingerprint density at radius 3 is 2.67 bits per heavy atom. The maximum atomic E-state index is 10.4. The van der Waals surface area contributed by atoms with Crippen molar-refractivity contribution in [2.24, 2.45) is 17.0 Å². The van der Waals surface area contributed by atoms with Crippen LogP contribution < -0.4 is 9.54 Å². The van der Waals surface area contributed by atoms with Crippen LogP contribution in [0.5, 0.6) is 11.6 Å². The van der Waals surface area contributed by atoms with Gasteiger partial charge in [0.05, 0.1) is 19.0 Å². The molecular formula is C19H17Cl2N3O2S. The summed E-state index contributed by atoms with van der Waals surface area (Å²) in [6, 6.07) is 10.7. The molecule has 0 unspecified atom stereocenters. The quantitative estimate of drug-likeness (QED) is 0.573. The largest absolute Gasteiger partial charge is 0.494 e. The zero-order chi connectivity index (χ0) is 19.6. The van der Waals surface area contributed by atoms with Crippen LogP contribution in [-0.4, -0.2) is 23.0 Å². The normalized spacial score (nSPS) is 12.1. The van der Waals surface area contributed by atoms with E-state index in [2.05, 4.69) is 9.98 Å². The maximum Gasteiger partial charge on any atom is 0.212 e. The van der Waals surface area contributed by atoms with Crippen molar-refractivity contribution in [3.8, 4) is 11.6 Å². The average Bonchev–Trinajstić information content (AvgIpc) is 2.91. The van der Waals surface area contributed by atoms with E-state index in [9.17, 15) is 5.11 Å². The first-order chi connectivity index (χ1) is 12.9. The zero-order valence-electron chi connectivity index (χ0n) is 14.9. The second kappa shape index (κ2) is 8.17. The minimum absolute atomic E-state index is 0.0710. The predicted octanol–water partition coefficient (Wildman–Crippen LogP) is 5.40. The molecule has 0 saturated heterocycles. The van der Waals surface area contributed by atoms with Crippen molar-refractivity contribution in [1.82, 2.24) is 4.57 Å². The number of thiazole rings is 1. The Labute approximate surface area is 170 Å². The summed E-state index contributed by atoms with van der Waals surface area (Å²) in [7, 11) is 3.29. The van der Waals surface area contributed by atoms with Gasteiger partial charge in [0.2, 0.25) is 5.88 Å². The molecule has 1 aromatic heterocycles. The van der Waals surface area contributed by atoms with Gasteiger partial charge in [0.25, 0.3) is 0 Å². The Hall–Kier alpha value is -2.28. The van der Waals surface area contributed by atoms with Crippen molar-refractivity contribution >= 4 is 52.1 Å². The summed E-state index contributed by atoms with van der Waals surface area (Å²) in [5, 5.41) is 11.6. The third-order valence-electron chi connectivity index (χ3n) is 3.87. The molecule has 0 saturated carbocycles. The lowest BCUT2D eigenvalue weighted by Crippen LogP contribution is -2.08. The molecule has 0 atom stereocenters. The molecule has 8 heteroatoms. The molecule has 0 spiro atoms. The fraction of sp³-hybridized carbons (Fsp3) is 0.158.